The summed E-state index contributed by atoms with van der Waals surface area (Å²) in [4.78, 5) is 12.3. The third-order valence-corrected chi connectivity index (χ3v) is 3.04. The molecule has 8 heteroatoms. The zero-order valence-electron chi connectivity index (χ0n) is 12.2. The lowest BCUT2D eigenvalue weighted by molar-refractivity contribution is 0.319. The monoisotopic (exact) mass is 318 g/mol. The first-order valence-electron chi connectivity index (χ1n) is 6.47. The van der Waals surface area contributed by atoms with Gasteiger partial charge < -0.3 is 10.1 Å². The first kappa shape index (κ1) is 15.8. The van der Waals surface area contributed by atoms with Crippen molar-refractivity contribution in [2.45, 2.75) is 13.8 Å². The van der Waals surface area contributed by atoms with Gasteiger partial charge in [-0.1, -0.05) is 17.7 Å². The molecule has 22 heavy (non-hydrogen) atoms. The van der Waals surface area contributed by atoms with Crippen LogP contribution in [0.2, 0.25) is 5.02 Å². The number of aromatic nitrogens is 3. The van der Waals surface area contributed by atoms with E-state index in [4.69, 9.17) is 21.9 Å². The number of nitrogens with one attached hydrogen (secondary N) is 2. The van der Waals surface area contributed by atoms with E-state index in [1.807, 2.05) is 25.1 Å². The molecule has 2 aromatic heterocycles. The van der Waals surface area contributed by atoms with Gasteiger partial charge in [0.15, 0.2) is 0 Å². The van der Waals surface area contributed by atoms with Gasteiger partial charge in [0, 0.05) is 11.9 Å². The van der Waals surface area contributed by atoms with E-state index in [-0.39, 0.29) is 12.6 Å². The highest BCUT2D eigenvalue weighted by Crippen LogP contribution is 2.14. The molecule has 0 fully saturated rings. The Morgan fingerprint density at radius 3 is 2.91 bits per heavy atom. The molecule has 0 aliphatic rings. The summed E-state index contributed by atoms with van der Waals surface area (Å²) in [5, 5.41) is 6.83. The standard InChI is InChI=1S/C14H15ClN6O/c1-9-4-3-5-13(19-9)17-6-11(21-16)8-22-14-18-7-12(15)10(2)20-14/h3-7,16H,8H2,1-2H3,(H,17,19)/b11-6-,21-16?. The molecule has 0 saturated carbocycles. The Labute approximate surface area is 132 Å². The normalized spacial score (nSPS) is 11.1. The van der Waals surface area contributed by atoms with Crippen LogP contribution >= 0.6 is 11.6 Å². The molecule has 0 bridgehead atoms. The number of nitrogens with zero attached hydrogens (tertiary/aromatic N) is 4. The van der Waals surface area contributed by atoms with Gasteiger partial charge in [0.25, 0.3) is 0 Å². The average molecular weight is 319 g/mol. The molecular weight excluding hydrogens is 304 g/mol. The van der Waals surface area contributed by atoms with Crippen LogP contribution in [0.4, 0.5) is 5.82 Å². The predicted octanol–water partition coefficient (Wildman–Crippen LogP) is 3.51. The summed E-state index contributed by atoms with van der Waals surface area (Å²) in [7, 11) is 0. The Morgan fingerprint density at radius 2 is 2.23 bits per heavy atom. The maximum absolute atomic E-state index is 7.16. The molecule has 2 aromatic rings. The van der Waals surface area contributed by atoms with Crippen molar-refractivity contribution in [1.82, 2.24) is 15.0 Å². The SMILES string of the molecule is Cc1cccc(N/C=C(/COc2ncc(Cl)c(C)n2)N=N)n1. The van der Waals surface area contributed by atoms with E-state index in [0.717, 1.165) is 5.69 Å². The molecule has 2 rings (SSSR count). The Morgan fingerprint density at radius 1 is 1.41 bits per heavy atom. The molecule has 0 atom stereocenters. The fourth-order valence-electron chi connectivity index (χ4n) is 1.53. The summed E-state index contributed by atoms with van der Waals surface area (Å²) in [5.74, 6) is 0.666. The molecule has 0 saturated heterocycles. The molecule has 0 spiro atoms. The fraction of sp³-hybridized carbons (Fsp3) is 0.214. The highest BCUT2D eigenvalue weighted by atomic mass is 35.5. The van der Waals surface area contributed by atoms with Gasteiger partial charge >= 0.3 is 6.01 Å². The van der Waals surface area contributed by atoms with Crippen molar-refractivity contribution in [3.63, 3.8) is 0 Å². The molecule has 7 nitrogen and oxygen atoms in total. The highest BCUT2D eigenvalue weighted by molar-refractivity contribution is 6.31. The van der Waals surface area contributed by atoms with Crippen LogP contribution in [-0.4, -0.2) is 21.6 Å². The first-order chi connectivity index (χ1) is 10.6. The molecule has 0 aliphatic carbocycles. The van der Waals surface area contributed by atoms with E-state index in [0.29, 0.717) is 22.2 Å². The second-order valence-electron chi connectivity index (χ2n) is 4.43. The molecule has 2 N–H and O–H groups in total. The summed E-state index contributed by atoms with van der Waals surface area (Å²) in [6.07, 6.45) is 3.02. The smallest absolute Gasteiger partial charge is 0.317 e. The van der Waals surface area contributed by atoms with E-state index < -0.39 is 0 Å². The summed E-state index contributed by atoms with van der Waals surface area (Å²) in [5.41, 5.74) is 9.06. The highest BCUT2D eigenvalue weighted by Gasteiger charge is 2.04. The van der Waals surface area contributed by atoms with Crippen LogP contribution in [0, 0.1) is 19.4 Å². The fourth-order valence-corrected chi connectivity index (χ4v) is 1.62. The Bertz CT molecular complexity index is 703. The molecule has 114 valence electrons. The Hall–Kier alpha value is -2.54. The Balaban J connectivity index is 1.98. The van der Waals surface area contributed by atoms with E-state index in [9.17, 15) is 0 Å². The van der Waals surface area contributed by atoms with Gasteiger partial charge in [-0.05, 0) is 26.0 Å². The summed E-state index contributed by atoms with van der Waals surface area (Å²) < 4.78 is 5.38. The molecule has 0 aliphatic heterocycles. The number of hydrogen-bond acceptors (Lipinski definition) is 7. The minimum absolute atomic E-state index is 0.0589. The number of rotatable bonds is 6. The maximum Gasteiger partial charge on any atom is 0.317 e. The summed E-state index contributed by atoms with van der Waals surface area (Å²) in [6, 6.07) is 5.78. The molecular formula is C14H15ClN6O. The van der Waals surface area contributed by atoms with Gasteiger partial charge in [-0.2, -0.15) is 10.1 Å². The molecule has 2 heterocycles. The van der Waals surface area contributed by atoms with Gasteiger partial charge in [-0.15, -0.1) is 0 Å². The Kier molecular flexibility index (Phi) is 5.37. The molecule has 0 unspecified atom stereocenters. The van der Waals surface area contributed by atoms with Crippen molar-refractivity contribution in [3.05, 3.63) is 52.7 Å². The minimum atomic E-state index is 0.0589. The third-order valence-electron chi connectivity index (χ3n) is 2.67. The lowest BCUT2D eigenvalue weighted by atomic mass is 10.4. The van der Waals surface area contributed by atoms with Crippen LogP contribution in [0.15, 0.2) is 41.4 Å². The van der Waals surface area contributed by atoms with E-state index >= 15 is 0 Å². The van der Waals surface area contributed by atoms with Crippen LogP contribution in [0.3, 0.4) is 0 Å². The first-order valence-corrected chi connectivity index (χ1v) is 6.85. The van der Waals surface area contributed by atoms with Crippen molar-refractivity contribution in [1.29, 1.82) is 5.53 Å². The van der Waals surface area contributed by atoms with E-state index in [2.05, 4.69) is 25.4 Å². The maximum atomic E-state index is 7.16. The topological polar surface area (TPSA) is 96.1 Å². The van der Waals surface area contributed by atoms with Crippen LogP contribution in [-0.2, 0) is 0 Å². The van der Waals surface area contributed by atoms with Crippen LogP contribution < -0.4 is 10.1 Å². The van der Waals surface area contributed by atoms with Crippen molar-refractivity contribution in [2.24, 2.45) is 5.11 Å². The minimum Gasteiger partial charge on any atom is -0.457 e. The van der Waals surface area contributed by atoms with Gasteiger partial charge in [0.05, 0.1) is 16.9 Å². The zero-order chi connectivity index (χ0) is 15.9. The van der Waals surface area contributed by atoms with Crippen molar-refractivity contribution in [3.8, 4) is 6.01 Å². The number of ether oxygens (including phenoxy) is 1. The van der Waals surface area contributed by atoms with Crippen LogP contribution in [0.5, 0.6) is 6.01 Å². The second kappa shape index (κ2) is 7.46. The van der Waals surface area contributed by atoms with Crippen LogP contribution in [0.25, 0.3) is 0 Å². The number of pyridine rings is 1. The van der Waals surface area contributed by atoms with Crippen molar-refractivity contribution < 1.29 is 4.74 Å². The second-order valence-corrected chi connectivity index (χ2v) is 4.84. The molecule has 0 radical (unpaired) electrons. The zero-order valence-corrected chi connectivity index (χ0v) is 12.9. The largest absolute Gasteiger partial charge is 0.457 e. The van der Waals surface area contributed by atoms with E-state index in [1.165, 1.54) is 6.20 Å². The number of anilines is 1. The van der Waals surface area contributed by atoms with Crippen LogP contribution in [0.1, 0.15) is 11.4 Å². The van der Waals surface area contributed by atoms with Gasteiger partial charge in [0.2, 0.25) is 0 Å². The molecule has 0 aromatic carbocycles. The summed E-state index contributed by atoms with van der Waals surface area (Å²) >= 11 is 5.84. The van der Waals surface area contributed by atoms with Gasteiger partial charge in [-0.25, -0.2) is 15.5 Å². The number of halogens is 1. The predicted molar refractivity (Wildman–Crippen MR) is 83.1 cm³/mol. The van der Waals surface area contributed by atoms with Gasteiger partial charge in [-0.3, -0.25) is 0 Å². The lowest BCUT2D eigenvalue weighted by Gasteiger charge is -2.06. The van der Waals surface area contributed by atoms with Gasteiger partial charge in [0.1, 0.15) is 18.1 Å². The van der Waals surface area contributed by atoms with Crippen molar-refractivity contribution >= 4 is 17.4 Å². The van der Waals surface area contributed by atoms with Crippen molar-refractivity contribution in [2.75, 3.05) is 11.9 Å². The third kappa shape index (κ3) is 4.49. The molecule has 0 amide bonds. The average Bonchev–Trinajstić information content (AvgIpc) is 2.51. The quantitative estimate of drug-likeness (QED) is 0.794. The lowest BCUT2D eigenvalue weighted by Crippen LogP contribution is -2.05. The van der Waals surface area contributed by atoms with E-state index in [1.54, 1.807) is 13.1 Å². The number of aryl methyl sites for hydroxylation is 2. The summed E-state index contributed by atoms with van der Waals surface area (Å²) in [6.45, 7) is 3.71. The number of hydrogen-bond donors (Lipinski definition) is 2.